The van der Waals surface area contributed by atoms with E-state index in [-0.39, 0.29) is 18.1 Å². The zero-order valence-electron chi connectivity index (χ0n) is 16.8. The number of benzene rings is 1. The van der Waals surface area contributed by atoms with Crippen LogP contribution in [0.1, 0.15) is 49.0 Å². The minimum Gasteiger partial charge on any atom is -0.489 e. The first-order chi connectivity index (χ1) is 13.6. The van der Waals surface area contributed by atoms with Gasteiger partial charge in [0, 0.05) is 31.4 Å². The van der Waals surface area contributed by atoms with E-state index in [0.29, 0.717) is 6.54 Å². The van der Waals surface area contributed by atoms with E-state index < -0.39 is 0 Å². The molecule has 0 spiro atoms. The van der Waals surface area contributed by atoms with Gasteiger partial charge in [-0.05, 0) is 51.3 Å². The number of pyridine rings is 1. The van der Waals surface area contributed by atoms with Crippen LogP contribution in [-0.2, 0) is 11.3 Å². The second kappa shape index (κ2) is 8.31. The molecule has 1 aromatic heterocycles. The molecule has 3 heterocycles. The number of carbonyl (C=O) groups excluding carboxylic acids is 1. The number of hydrogen-bond acceptors (Lipinski definition) is 4. The van der Waals surface area contributed by atoms with E-state index in [1.54, 1.807) is 0 Å². The van der Waals surface area contributed by atoms with Crippen LogP contribution in [0.25, 0.3) is 0 Å². The Labute approximate surface area is 167 Å². The molecule has 2 aromatic rings. The summed E-state index contributed by atoms with van der Waals surface area (Å²) in [5.74, 6) is 1.14. The standard InChI is InChI=1S/C23H29N3O2/c1-17-9-10-22-19(13-17)15-25(14-18(2)28-22)16-23(27)26-12-6-4-8-21(26)20-7-3-5-11-24-20/h3,5,7,9-11,13,18,21H,4,6,8,12,14-16H2,1-2H3. The highest BCUT2D eigenvalue weighted by molar-refractivity contribution is 5.79. The number of carbonyl (C=O) groups is 1. The van der Waals surface area contributed by atoms with Crippen LogP contribution in [0, 0.1) is 6.92 Å². The number of fused-ring (bicyclic) bond motifs is 1. The van der Waals surface area contributed by atoms with Gasteiger partial charge in [-0.15, -0.1) is 0 Å². The highest BCUT2D eigenvalue weighted by Crippen LogP contribution is 2.30. The number of aromatic nitrogens is 1. The number of ether oxygens (including phenoxy) is 1. The van der Waals surface area contributed by atoms with Crippen molar-refractivity contribution >= 4 is 5.91 Å². The van der Waals surface area contributed by atoms with E-state index in [2.05, 4.69) is 35.9 Å². The summed E-state index contributed by atoms with van der Waals surface area (Å²) in [4.78, 5) is 22.1. The Morgan fingerprint density at radius 2 is 2.14 bits per heavy atom. The molecule has 0 bridgehead atoms. The lowest BCUT2D eigenvalue weighted by atomic mass is 9.98. The lowest BCUT2D eigenvalue weighted by Gasteiger charge is -2.36. The van der Waals surface area contributed by atoms with Crippen LogP contribution in [0.15, 0.2) is 42.6 Å². The van der Waals surface area contributed by atoms with Crippen LogP contribution in [-0.4, -0.2) is 46.4 Å². The topological polar surface area (TPSA) is 45.7 Å². The molecule has 2 aliphatic rings. The SMILES string of the molecule is Cc1ccc2c(c1)CN(CC(=O)N1CCCCC1c1ccccn1)CC(C)O2. The fourth-order valence-corrected chi connectivity index (χ4v) is 4.38. The molecule has 0 aliphatic carbocycles. The molecule has 2 unspecified atom stereocenters. The first-order valence-electron chi connectivity index (χ1n) is 10.3. The third kappa shape index (κ3) is 4.20. The highest BCUT2D eigenvalue weighted by Gasteiger charge is 2.30. The number of piperidine rings is 1. The molecule has 1 amide bonds. The first-order valence-corrected chi connectivity index (χ1v) is 10.3. The predicted molar refractivity (Wildman–Crippen MR) is 109 cm³/mol. The predicted octanol–water partition coefficient (Wildman–Crippen LogP) is 3.73. The molecule has 0 N–H and O–H groups in total. The molecular weight excluding hydrogens is 350 g/mol. The summed E-state index contributed by atoms with van der Waals surface area (Å²) in [5, 5.41) is 0. The van der Waals surface area contributed by atoms with Crippen LogP contribution in [0.5, 0.6) is 5.75 Å². The summed E-state index contributed by atoms with van der Waals surface area (Å²) in [6, 6.07) is 12.4. The van der Waals surface area contributed by atoms with Gasteiger partial charge in [0.25, 0.3) is 0 Å². The molecule has 148 valence electrons. The molecule has 0 saturated carbocycles. The van der Waals surface area contributed by atoms with Gasteiger partial charge in [0.2, 0.25) is 5.91 Å². The molecule has 5 nitrogen and oxygen atoms in total. The molecule has 5 heteroatoms. The Hall–Kier alpha value is -2.40. The van der Waals surface area contributed by atoms with Crippen molar-refractivity contribution < 1.29 is 9.53 Å². The zero-order valence-corrected chi connectivity index (χ0v) is 16.8. The Morgan fingerprint density at radius 1 is 1.25 bits per heavy atom. The fourth-order valence-electron chi connectivity index (χ4n) is 4.38. The molecule has 0 radical (unpaired) electrons. The van der Waals surface area contributed by atoms with Gasteiger partial charge in [-0.25, -0.2) is 0 Å². The molecule has 2 atom stereocenters. The van der Waals surface area contributed by atoms with E-state index in [9.17, 15) is 4.79 Å². The van der Waals surface area contributed by atoms with Gasteiger partial charge in [-0.2, -0.15) is 0 Å². The summed E-state index contributed by atoms with van der Waals surface area (Å²) in [6.07, 6.45) is 5.08. The van der Waals surface area contributed by atoms with Crippen molar-refractivity contribution in [3.05, 3.63) is 59.4 Å². The minimum atomic E-state index is 0.0599. The van der Waals surface area contributed by atoms with Crippen molar-refractivity contribution in [2.24, 2.45) is 0 Å². The molecule has 1 saturated heterocycles. The molecular formula is C23H29N3O2. The summed E-state index contributed by atoms with van der Waals surface area (Å²) in [5.41, 5.74) is 3.38. The molecule has 2 aliphatic heterocycles. The summed E-state index contributed by atoms with van der Waals surface area (Å²) >= 11 is 0. The number of hydrogen-bond donors (Lipinski definition) is 0. The van der Waals surface area contributed by atoms with Gasteiger partial charge in [-0.3, -0.25) is 14.7 Å². The maximum absolute atomic E-state index is 13.3. The van der Waals surface area contributed by atoms with Gasteiger partial charge in [0.05, 0.1) is 18.3 Å². The highest BCUT2D eigenvalue weighted by atomic mass is 16.5. The van der Waals surface area contributed by atoms with E-state index in [4.69, 9.17) is 4.74 Å². The summed E-state index contributed by atoms with van der Waals surface area (Å²) in [7, 11) is 0. The average molecular weight is 380 g/mol. The van der Waals surface area contributed by atoms with E-state index >= 15 is 0 Å². The van der Waals surface area contributed by atoms with Crippen molar-refractivity contribution in [1.82, 2.24) is 14.8 Å². The zero-order chi connectivity index (χ0) is 19.5. The van der Waals surface area contributed by atoms with Crippen molar-refractivity contribution in [2.75, 3.05) is 19.6 Å². The lowest BCUT2D eigenvalue weighted by Crippen LogP contribution is -2.45. The molecule has 28 heavy (non-hydrogen) atoms. The maximum Gasteiger partial charge on any atom is 0.237 e. The number of nitrogens with zero attached hydrogens (tertiary/aromatic N) is 3. The van der Waals surface area contributed by atoms with E-state index in [1.807, 2.05) is 35.4 Å². The molecule has 4 rings (SSSR count). The maximum atomic E-state index is 13.3. The Morgan fingerprint density at radius 3 is 2.96 bits per heavy atom. The lowest BCUT2D eigenvalue weighted by molar-refractivity contribution is -0.136. The van der Waals surface area contributed by atoms with Crippen molar-refractivity contribution in [3.63, 3.8) is 0 Å². The number of amides is 1. The van der Waals surface area contributed by atoms with E-state index in [1.165, 1.54) is 5.56 Å². The number of aryl methyl sites for hydroxylation is 1. The minimum absolute atomic E-state index is 0.0599. The largest absolute Gasteiger partial charge is 0.489 e. The Bertz CT molecular complexity index is 824. The second-order valence-corrected chi connectivity index (χ2v) is 8.06. The van der Waals surface area contributed by atoms with Gasteiger partial charge in [0.15, 0.2) is 0 Å². The average Bonchev–Trinajstić information content (AvgIpc) is 2.85. The van der Waals surface area contributed by atoms with Crippen molar-refractivity contribution in [2.45, 2.75) is 51.8 Å². The van der Waals surface area contributed by atoms with Crippen LogP contribution < -0.4 is 4.74 Å². The van der Waals surface area contributed by atoms with Gasteiger partial charge >= 0.3 is 0 Å². The summed E-state index contributed by atoms with van der Waals surface area (Å²) in [6.45, 7) is 6.90. The van der Waals surface area contributed by atoms with Crippen molar-refractivity contribution in [1.29, 1.82) is 0 Å². The quantitative estimate of drug-likeness (QED) is 0.815. The van der Waals surface area contributed by atoms with Crippen molar-refractivity contribution in [3.8, 4) is 5.75 Å². The second-order valence-electron chi connectivity index (χ2n) is 8.06. The number of rotatable bonds is 3. The van der Waals surface area contributed by atoms with Crippen LogP contribution >= 0.6 is 0 Å². The third-order valence-corrected chi connectivity index (χ3v) is 5.66. The van der Waals surface area contributed by atoms with Crippen LogP contribution in [0.3, 0.4) is 0 Å². The smallest absolute Gasteiger partial charge is 0.237 e. The van der Waals surface area contributed by atoms with Crippen LogP contribution in [0.4, 0.5) is 0 Å². The Balaban J connectivity index is 1.50. The van der Waals surface area contributed by atoms with Crippen LogP contribution in [0.2, 0.25) is 0 Å². The monoisotopic (exact) mass is 379 g/mol. The molecule has 1 aromatic carbocycles. The van der Waals surface area contributed by atoms with Gasteiger partial charge in [0.1, 0.15) is 11.9 Å². The Kier molecular flexibility index (Phi) is 5.62. The fraction of sp³-hybridized carbons (Fsp3) is 0.478. The first kappa shape index (κ1) is 18.9. The van der Waals surface area contributed by atoms with E-state index in [0.717, 1.165) is 55.9 Å². The molecule has 1 fully saturated rings. The third-order valence-electron chi connectivity index (χ3n) is 5.66. The number of likely N-dealkylation sites (tertiary alicyclic amines) is 1. The van der Waals surface area contributed by atoms with Gasteiger partial charge in [-0.1, -0.05) is 23.8 Å². The normalized spacial score (nSPS) is 22.9. The van der Waals surface area contributed by atoms with Gasteiger partial charge < -0.3 is 9.64 Å². The summed E-state index contributed by atoms with van der Waals surface area (Å²) < 4.78 is 6.08.